The zero-order valence-corrected chi connectivity index (χ0v) is 22.1. The van der Waals surface area contributed by atoms with Crippen LogP contribution >= 0.6 is 11.3 Å². The molecule has 2 saturated heterocycles. The number of imide groups is 2. The number of aryl methyl sites for hydroxylation is 1. The number of nitrogens with zero attached hydrogens (tertiary/aromatic N) is 3. The van der Waals surface area contributed by atoms with Crippen molar-refractivity contribution in [3.63, 3.8) is 0 Å². The summed E-state index contributed by atoms with van der Waals surface area (Å²) in [6, 6.07) is 15.9. The first-order chi connectivity index (χ1) is 18.4. The summed E-state index contributed by atoms with van der Waals surface area (Å²) in [7, 11) is 0. The molecule has 1 aromatic carbocycles. The van der Waals surface area contributed by atoms with Crippen molar-refractivity contribution in [3.8, 4) is 0 Å². The number of carbonyl (C=O) groups excluding carboxylic acids is 3. The van der Waals surface area contributed by atoms with Gasteiger partial charge in [0.1, 0.15) is 5.41 Å². The first-order valence-electron chi connectivity index (χ1n) is 13.1. The molecule has 3 atom stereocenters. The standard InChI is InChI=1S/C29H30N4O4S/c1-2-19-8-10-22(11-9-19)33-27(36)29(26(35)30-28(33)37,14-23-5-4-12-38-23)18-31-15-20-13-21(17-31)24-6-3-7-25(34)32(24)16-20/h3-12,20-21H,2,13-18H2,1H3,(H,30,35,37)/t20-,21-,29+/m1/s1. The number of benzene rings is 1. The smallest absolute Gasteiger partial charge is 0.312 e. The predicted molar refractivity (Wildman–Crippen MR) is 145 cm³/mol. The van der Waals surface area contributed by atoms with Crippen LogP contribution in [-0.4, -0.2) is 46.9 Å². The van der Waals surface area contributed by atoms with Crippen molar-refractivity contribution in [1.29, 1.82) is 0 Å². The molecule has 4 amide bonds. The van der Waals surface area contributed by atoms with E-state index in [2.05, 4.69) is 10.2 Å². The molecule has 2 fully saturated rings. The Morgan fingerprint density at radius 3 is 2.53 bits per heavy atom. The van der Waals surface area contributed by atoms with E-state index < -0.39 is 23.3 Å². The van der Waals surface area contributed by atoms with E-state index >= 15 is 0 Å². The van der Waals surface area contributed by atoms with Gasteiger partial charge in [0.15, 0.2) is 0 Å². The number of aromatic nitrogens is 1. The van der Waals surface area contributed by atoms with E-state index in [4.69, 9.17) is 0 Å². The summed E-state index contributed by atoms with van der Waals surface area (Å²) in [5.74, 6) is -0.636. The molecule has 2 bridgehead atoms. The summed E-state index contributed by atoms with van der Waals surface area (Å²) in [6.07, 6.45) is 2.04. The van der Waals surface area contributed by atoms with E-state index in [0.717, 1.165) is 33.9 Å². The number of likely N-dealkylation sites (tertiary alicyclic amines) is 1. The first-order valence-corrected chi connectivity index (χ1v) is 14.0. The SMILES string of the molecule is CCc1ccc(N2C(=O)NC(=O)[C@](Cc3cccs3)(CN3C[C@H]4C[C@H](C3)c3cccc(=O)n3C4)C2=O)cc1. The number of hydrogen-bond acceptors (Lipinski definition) is 6. The van der Waals surface area contributed by atoms with Crippen LogP contribution < -0.4 is 15.8 Å². The molecule has 0 unspecified atom stereocenters. The van der Waals surface area contributed by atoms with E-state index in [-0.39, 0.29) is 30.4 Å². The Hall–Kier alpha value is -3.56. The molecule has 3 aliphatic rings. The number of nitrogens with one attached hydrogen (secondary N) is 1. The van der Waals surface area contributed by atoms with Crippen molar-refractivity contribution in [3.05, 3.63) is 86.5 Å². The fourth-order valence-electron chi connectivity index (χ4n) is 6.36. The van der Waals surface area contributed by atoms with Crippen LogP contribution in [0.2, 0.25) is 0 Å². The first kappa shape index (κ1) is 24.8. The van der Waals surface area contributed by atoms with Crippen LogP contribution in [0.25, 0.3) is 0 Å². The molecule has 3 aromatic rings. The average Bonchev–Trinajstić information content (AvgIpc) is 3.41. The molecule has 0 spiro atoms. The van der Waals surface area contributed by atoms with Crippen LogP contribution in [0.15, 0.2) is 64.8 Å². The maximum atomic E-state index is 14.3. The monoisotopic (exact) mass is 530 g/mol. The summed E-state index contributed by atoms with van der Waals surface area (Å²) in [4.78, 5) is 57.7. The molecule has 8 nitrogen and oxygen atoms in total. The van der Waals surface area contributed by atoms with Crippen LogP contribution in [0.3, 0.4) is 0 Å². The number of carbonyl (C=O) groups is 3. The van der Waals surface area contributed by atoms with Gasteiger partial charge in [-0.3, -0.25) is 19.7 Å². The third-order valence-electron chi connectivity index (χ3n) is 8.18. The molecular formula is C29H30N4O4S. The van der Waals surface area contributed by atoms with E-state index in [0.29, 0.717) is 25.3 Å². The van der Waals surface area contributed by atoms with Crippen molar-refractivity contribution in [2.75, 3.05) is 24.5 Å². The second-order valence-corrected chi connectivity index (χ2v) is 11.7. The number of anilines is 1. The number of fused-ring (bicyclic) bond motifs is 4. The Balaban J connectivity index is 1.36. The molecule has 9 heteroatoms. The van der Waals surface area contributed by atoms with Gasteiger partial charge in [-0.25, -0.2) is 9.69 Å². The van der Waals surface area contributed by atoms with Gasteiger partial charge in [0, 0.05) is 55.2 Å². The highest BCUT2D eigenvalue weighted by molar-refractivity contribution is 7.09. The highest BCUT2D eigenvalue weighted by Gasteiger charge is 2.56. The number of urea groups is 1. The number of pyridine rings is 1. The van der Waals surface area contributed by atoms with Crippen molar-refractivity contribution < 1.29 is 14.4 Å². The molecule has 0 radical (unpaired) electrons. The molecule has 196 valence electrons. The second kappa shape index (κ2) is 9.63. The van der Waals surface area contributed by atoms with Gasteiger partial charge in [-0.2, -0.15) is 0 Å². The molecule has 0 saturated carbocycles. The maximum absolute atomic E-state index is 14.3. The van der Waals surface area contributed by atoms with Crippen LogP contribution in [0, 0.1) is 11.3 Å². The lowest BCUT2D eigenvalue weighted by molar-refractivity contribution is -0.144. The Kier molecular flexibility index (Phi) is 6.28. The predicted octanol–water partition coefficient (Wildman–Crippen LogP) is 3.40. The average molecular weight is 531 g/mol. The van der Waals surface area contributed by atoms with Gasteiger partial charge in [-0.15, -0.1) is 11.3 Å². The van der Waals surface area contributed by atoms with Gasteiger partial charge in [-0.1, -0.05) is 31.2 Å². The third kappa shape index (κ3) is 4.19. The van der Waals surface area contributed by atoms with Gasteiger partial charge in [0.05, 0.1) is 5.69 Å². The normalized spacial score (nSPS) is 25.3. The lowest BCUT2D eigenvalue weighted by Gasteiger charge is -2.47. The van der Waals surface area contributed by atoms with Crippen molar-refractivity contribution in [1.82, 2.24) is 14.8 Å². The molecule has 2 aromatic heterocycles. The van der Waals surface area contributed by atoms with E-state index in [9.17, 15) is 19.2 Å². The fourth-order valence-corrected chi connectivity index (χ4v) is 7.18. The molecule has 3 aliphatic heterocycles. The number of piperidine rings is 1. The number of amides is 4. The molecule has 38 heavy (non-hydrogen) atoms. The summed E-state index contributed by atoms with van der Waals surface area (Å²) in [5.41, 5.74) is 1.13. The van der Waals surface area contributed by atoms with Crippen molar-refractivity contribution >= 4 is 34.9 Å². The second-order valence-electron chi connectivity index (χ2n) is 10.7. The molecule has 5 heterocycles. The van der Waals surface area contributed by atoms with Gasteiger partial charge >= 0.3 is 6.03 Å². The molecular weight excluding hydrogens is 500 g/mol. The van der Waals surface area contributed by atoms with Gasteiger partial charge in [-0.05, 0) is 54.0 Å². The van der Waals surface area contributed by atoms with Crippen molar-refractivity contribution in [2.45, 2.75) is 38.6 Å². The van der Waals surface area contributed by atoms with Crippen LogP contribution in [0.1, 0.15) is 35.4 Å². The van der Waals surface area contributed by atoms with Gasteiger partial charge < -0.3 is 9.47 Å². The quantitative estimate of drug-likeness (QED) is 0.494. The Morgan fingerprint density at radius 1 is 0.974 bits per heavy atom. The minimum Gasteiger partial charge on any atom is -0.312 e. The minimum absolute atomic E-state index is 0.0184. The highest BCUT2D eigenvalue weighted by atomic mass is 32.1. The zero-order chi connectivity index (χ0) is 26.4. The maximum Gasteiger partial charge on any atom is 0.335 e. The topological polar surface area (TPSA) is 91.7 Å². The molecule has 6 rings (SSSR count). The third-order valence-corrected chi connectivity index (χ3v) is 9.05. The zero-order valence-electron chi connectivity index (χ0n) is 21.3. The lowest BCUT2D eigenvalue weighted by Crippen LogP contribution is -2.68. The van der Waals surface area contributed by atoms with Gasteiger partial charge in [0.2, 0.25) is 5.91 Å². The Morgan fingerprint density at radius 2 is 1.79 bits per heavy atom. The highest BCUT2D eigenvalue weighted by Crippen LogP contribution is 2.39. The lowest BCUT2D eigenvalue weighted by atomic mass is 9.76. The Bertz CT molecular complexity index is 1450. The summed E-state index contributed by atoms with van der Waals surface area (Å²) >= 11 is 1.50. The number of rotatable bonds is 6. The largest absolute Gasteiger partial charge is 0.335 e. The number of barbiturate groups is 1. The van der Waals surface area contributed by atoms with E-state index in [1.807, 2.05) is 47.2 Å². The Labute approximate surface area is 224 Å². The van der Waals surface area contributed by atoms with Crippen LogP contribution in [-0.2, 0) is 29.0 Å². The number of hydrogen-bond donors (Lipinski definition) is 1. The molecule has 1 N–H and O–H groups in total. The van der Waals surface area contributed by atoms with E-state index in [1.54, 1.807) is 24.3 Å². The summed E-state index contributed by atoms with van der Waals surface area (Å²) in [5, 5.41) is 4.44. The summed E-state index contributed by atoms with van der Waals surface area (Å²) < 4.78 is 1.87. The minimum atomic E-state index is -1.45. The summed E-state index contributed by atoms with van der Waals surface area (Å²) in [6.45, 7) is 4.21. The van der Waals surface area contributed by atoms with Crippen LogP contribution in [0.4, 0.5) is 10.5 Å². The van der Waals surface area contributed by atoms with Crippen LogP contribution in [0.5, 0.6) is 0 Å². The van der Waals surface area contributed by atoms with Crippen molar-refractivity contribution in [2.24, 2.45) is 11.3 Å². The van der Waals surface area contributed by atoms with E-state index in [1.165, 1.54) is 11.3 Å². The fraction of sp³-hybridized carbons (Fsp3) is 0.379. The molecule has 0 aliphatic carbocycles. The number of thiophene rings is 1. The van der Waals surface area contributed by atoms with Gasteiger partial charge in [0.25, 0.3) is 11.5 Å².